The van der Waals surface area contributed by atoms with E-state index in [1.54, 1.807) is 31.5 Å². The van der Waals surface area contributed by atoms with Crippen molar-refractivity contribution in [2.75, 3.05) is 12.4 Å². The molecule has 0 spiro atoms. The maximum absolute atomic E-state index is 11.8. The molecule has 0 saturated heterocycles. The molecule has 88 valence electrons. The van der Waals surface area contributed by atoms with Gasteiger partial charge in [0.25, 0.3) is 5.91 Å². The summed E-state index contributed by atoms with van der Waals surface area (Å²) >= 11 is 3.28. The van der Waals surface area contributed by atoms with E-state index < -0.39 is 0 Å². The quantitative estimate of drug-likeness (QED) is 0.914. The number of halogens is 1. The van der Waals surface area contributed by atoms with Crippen LogP contribution in [-0.4, -0.2) is 18.0 Å². The second kappa shape index (κ2) is 5.05. The first-order valence-corrected chi connectivity index (χ1v) is 5.77. The average Bonchev–Trinajstić information content (AvgIpc) is 2.76. The third-order valence-corrected chi connectivity index (χ3v) is 2.68. The molecule has 1 amide bonds. The molecule has 0 radical (unpaired) electrons. The number of amides is 1. The summed E-state index contributed by atoms with van der Waals surface area (Å²) in [6, 6.07) is 8.92. The number of hydrogen-bond donors (Lipinski definition) is 2. The number of H-pyrrole nitrogens is 1. The summed E-state index contributed by atoms with van der Waals surface area (Å²) in [5.41, 5.74) is 1.19. The molecule has 2 aromatic rings. The Morgan fingerprint density at radius 2 is 2.24 bits per heavy atom. The van der Waals surface area contributed by atoms with Gasteiger partial charge in [0, 0.05) is 22.4 Å². The molecule has 0 aliphatic heterocycles. The van der Waals surface area contributed by atoms with Crippen molar-refractivity contribution < 1.29 is 9.53 Å². The van der Waals surface area contributed by atoms with E-state index in [1.807, 2.05) is 12.1 Å². The van der Waals surface area contributed by atoms with Crippen LogP contribution >= 0.6 is 15.9 Å². The van der Waals surface area contributed by atoms with E-state index in [9.17, 15) is 4.79 Å². The lowest BCUT2D eigenvalue weighted by atomic mass is 10.3. The van der Waals surface area contributed by atoms with Gasteiger partial charge in [-0.25, -0.2) is 0 Å². The first kappa shape index (κ1) is 11.7. The van der Waals surface area contributed by atoms with E-state index >= 15 is 0 Å². The van der Waals surface area contributed by atoms with Gasteiger partial charge in [-0.15, -0.1) is 0 Å². The van der Waals surface area contributed by atoms with Crippen molar-refractivity contribution >= 4 is 27.5 Å². The molecule has 1 heterocycles. The minimum absolute atomic E-state index is 0.191. The van der Waals surface area contributed by atoms with Gasteiger partial charge >= 0.3 is 0 Å². The summed E-state index contributed by atoms with van der Waals surface area (Å²) in [5.74, 6) is 0.513. The van der Waals surface area contributed by atoms with Crippen LogP contribution in [0, 0.1) is 0 Å². The number of ether oxygens (including phenoxy) is 1. The number of carbonyl (C=O) groups is 1. The van der Waals surface area contributed by atoms with E-state index in [-0.39, 0.29) is 5.91 Å². The monoisotopic (exact) mass is 294 g/mol. The zero-order valence-electron chi connectivity index (χ0n) is 9.16. The lowest BCUT2D eigenvalue weighted by Gasteiger charge is -2.05. The van der Waals surface area contributed by atoms with E-state index in [0.29, 0.717) is 17.1 Å². The van der Waals surface area contributed by atoms with Crippen LogP contribution in [0.1, 0.15) is 10.5 Å². The van der Waals surface area contributed by atoms with Crippen molar-refractivity contribution in [3.63, 3.8) is 0 Å². The van der Waals surface area contributed by atoms with Crippen molar-refractivity contribution in [3.05, 3.63) is 46.7 Å². The minimum Gasteiger partial charge on any atom is -0.497 e. The Balaban J connectivity index is 2.12. The highest BCUT2D eigenvalue weighted by atomic mass is 79.9. The first-order chi connectivity index (χ1) is 8.19. The number of carbonyl (C=O) groups excluding carboxylic acids is 1. The summed E-state index contributed by atoms with van der Waals surface area (Å²) in [7, 11) is 1.59. The number of aromatic amines is 1. The predicted octanol–water partition coefficient (Wildman–Crippen LogP) is 3.04. The number of aromatic nitrogens is 1. The molecule has 0 aliphatic carbocycles. The number of methoxy groups -OCH3 is 1. The topological polar surface area (TPSA) is 54.1 Å². The Hall–Kier alpha value is -1.75. The second-order valence-electron chi connectivity index (χ2n) is 3.42. The molecule has 0 atom stereocenters. The molecular formula is C12H11BrN2O2. The Kier molecular flexibility index (Phi) is 3.49. The van der Waals surface area contributed by atoms with Crippen molar-refractivity contribution in [2.45, 2.75) is 0 Å². The summed E-state index contributed by atoms with van der Waals surface area (Å²) < 4.78 is 5.92. The lowest BCUT2D eigenvalue weighted by Crippen LogP contribution is -2.12. The fourth-order valence-corrected chi connectivity index (χ4v) is 1.74. The van der Waals surface area contributed by atoms with Crippen LogP contribution in [0.15, 0.2) is 41.0 Å². The van der Waals surface area contributed by atoms with Gasteiger partial charge in [-0.1, -0.05) is 6.07 Å². The lowest BCUT2D eigenvalue weighted by molar-refractivity contribution is 0.102. The van der Waals surface area contributed by atoms with Gasteiger partial charge in [0.05, 0.1) is 7.11 Å². The van der Waals surface area contributed by atoms with Crippen LogP contribution < -0.4 is 10.1 Å². The Labute approximate surface area is 107 Å². The fraction of sp³-hybridized carbons (Fsp3) is 0.0833. The number of nitrogens with one attached hydrogen (secondary N) is 2. The second-order valence-corrected chi connectivity index (χ2v) is 4.33. The molecule has 0 unspecified atom stereocenters. The molecular weight excluding hydrogens is 284 g/mol. The average molecular weight is 295 g/mol. The van der Waals surface area contributed by atoms with Crippen LogP contribution in [0.4, 0.5) is 5.69 Å². The summed E-state index contributed by atoms with van der Waals surface area (Å²) in [6.45, 7) is 0. The standard InChI is InChI=1S/C12H11BrN2O2/c1-17-10-4-2-3-9(6-10)15-12(16)11-5-8(13)7-14-11/h2-7,14H,1H3,(H,15,16). The first-order valence-electron chi connectivity index (χ1n) is 4.98. The molecule has 17 heavy (non-hydrogen) atoms. The Morgan fingerprint density at radius 3 is 2.88 bits per heavy atom. The van der Waals surface area contributed by atoms with Crippen LogP contribution in [-0.2, 0) is 0 Å². The van der Waals surface area contributed by atoms with E-state index in [2.05, 4.69) is 26.2 Å². The molecule has 5 heteroatoms. The highest BCUT2D eigenvalue weighted by molar-refractivity contribution is 9.10. The molecule has 0 bridgehead atoms. The predicted molar refractivity (Wildman–Crippen MR) is 69.4 cm³/mol. The van der Waals surface area contributed by atoms with Crippen molar-refractivity contribution in [2.24, 2.45) is 0 Å². The highest BCUT2D eigenvalue weighted by Crippen LogP contribution is 2.18. The van der Waals surface area contributed by atoms with E-state index in [1.165, 1.54) is 0 Å². The molecule has 0 saturated carbocycles. The number of rotatable bonds is 3. The maximum atomic E-state index is 11.8. The molecule has 0 aliphatic rings. The van der Waals surface area contributed by atoms with Gasteiger partial charge in [0.1, 0.15) is 11.4 Å². The number of anilines is 1. The van der Waals surface area contributed by atoms with Gasteiger partial charge in [-0.3, -0.25) is 4.79 Å². The largest absolute Gasteiger partial charge is 0.497 e. The van der Waals surface area contributed by atoms with Gasteiger partial charge in [0.2, 0.25) is 0 Å². The maximum Gasteiger partial charge on any atom is 0.272 e. The molecule has 1 aromatic carbocycles. The van der Waals surface area contributed by atoms with Crippen LogP contribution in [0.3, 0.4) is 0 Å². The van der Waals surface area contributed by atoms with Gasteiger partial charge in [-0.2, -0.15) is 0 Å². The number of hydrogen-bond acceptors (Lipinski definition) is 2. The molecule has 2 N–H and O–H groups in total. The van der Waals surface area contributed by atoms with E-state index in [4.69, 9.17) is 4.74 Å². The fourth-order valence-electron chi connectivity index (χ4n) is 1.40. The Bertz CT molecular complexity index is 537. The van der Waals surface area contributed by atoms with Crippen molar-refractivity contribution in [1.29, 1.82) is 0 Å². The van der Waals surface area contributed by atoms with Crippen LogP contribution in [0.2, 0.25) is 0 Å². The van der Waals surface area contributed by atoms with Gasteiger partial charge in [-0.05, 0) is 34.1 Å². The molecule has 1 aromatic heterocycles. The molecule has 4 nitrogen and oxygen atoms in total. The van der Waals surface area contributed by atoms with Crippen molar-refractivity contribution in [1.82, 2.24) is 4.98 Å². The zero-order valence-corrected chi connectivity index (χ0v) is 10.7. The normalized spacial score (nSPS) is 10.0. The molecule has 0 fully saturated rings. The third kappa shape index (κ3) is 2.88. The number of benzene rings is 1. The third-order valence-electron chi connectivity index (χ3n) is 2.22. The van der Waals surface area contributed by atoms with Gasteiger partial charge in [0.15, 0.2) is 0 Å². The van der Waals surface area contributed by atoms with Crippen LogP contribution in [0.5, 0.6) is 5.75 Å². The Morgan fingerprint density at radius 1 is 1.41 bits per heavy atom. The minimum atomic E-state index is -0.191. The van der Waals surface area contributed by atoms with Gasteiger partial charge < -0.3 is 15.0 Å². The smallest absolute Gasteiger partial charge is 0.272 e. The molecule has 2 rings (SSSR count). The highest BCUT2D eigenvalue weighted by Gasteiger charge is 2.08. The summed E-state index contributed by atoms with van der Waals surface area (Å²) in [4.78, 5) is 14.7. The van der Waals surface area contributed by atoms with Crippen LogP contribution in [0.25, 0.3) is 0 Å². The SMILES string of the molecule is COc1cccc(NC(=O)c2cc(Br)c[nH]2)c1. The zero-order chi connectivity index (χ0) is 12.3. The summed E-state index contributed by atoms with van der Waals surface area (Å²) in [5, 5.41) is 2.78. The van der Waals surface area contributed by atoms with Crippen molar-refractivity contribution in [3.8, 4) is 5.75 Å². The van der Waals surface area contributed by atoms with E-state index in [0.717, 1.165) is 4.47 Å². The summed E-state index contributed by atoms with van der Waals surface area (Å²) in [6.07, 6.45) is 1.71.